The van der Waals surface area contributed by atoms with E-state index in [0.29, 0.717) is 11.3 Å². The van der Waals surface area contributed by atoms with Crippen molar-refractivity contribution in [2.24, 2.45) is 5.41 Å². The van der Waals surface area contributed by atoms with Gasteiger partial charge in [-0.2, -0.15) is 0 Å². The van der Waals surface area contributed by atoms with Crippen molar-refractivity contribution in [1.82, 2.24) is 10.6 Å². The van der Waals surface area contributed by atoms with Gasteiger partial charge in [-0.05, 0) is 37.0 Å². The van der Waals surface area contributed by atoms with Crippen molar-refractivity contribution in [3.63, 3.8) is 0 Å². The van der Waals surface area contributed by atoms with Crippen molar-refractivity contribution < 1.29 is 24.2 Å². The van der Waals surface area contributed by atoms with Gasteiger partial charge >= 0.3 is 12.0 Å². The molecule has 3 N–H and O–H groups in total. The fraction of sp³-hybridized carbons (Fsp3) is 0.474. The number of aromatic hydroxyl groups is 1. The summed E-state index contributed by atoms with van der Waals surface area (Å²) in [5.74, 6) is -0.622. The number of allylic oxidation sites excluding steroid dienone is 1. The maximum atomic E-state index is 12.9. The first kappa shape index (κ1) is 20.9. The lowest BCUT2D eigenvalue weighted by molar-refractivity contribution is -0.149. The van der Waals surface area contributed by atoms with E-state index in [1.165, 1.54) is 19.2 Å². The standard InChI is InChI=1S/C19H25ClN2O5/c1-9-14(17(24)27-10(2)19(3,4)5)15(22-18(25)21-9)11-7-12(20)16(23)13(8-11)26-6/h7-8,10,15,23H,1-6H3,(H2,21,22,25)/t10-,15+/m1/s1. The highest BCUT2D eigenvalue weighted by atomic mass is 35.5. The van der Waals surface area contributed by atoms with E-state index in [0.717, 1.165) is 0 Å². The summed E-state index contributed by atoms with van der Waals surface area (Å²) in [4.78, 5) is 24.9. The van der Waals surface area contributed by atoms with E-state index in [4.69, 9.17) is 21.1 Å². The summed E-state index contributed by atoms with van der Waals surface area (Å²) in [5, 5.41) is 15.3. The number of methoxy groups -OCH3 is 1. The first-order valence-electron chi connectivity index (χ1n) is 8.51. The molecule has 1 aromatic carbocycles. The monoisotopic (exact) mass is 396 g/mol. The molecule has 0 fully saturated rings. The minimum atomic E-state index is -0.801. The molecule has 0 radical (unpaired) electrons. The van der Waals surface area contributed by atoms with Crippen molar-refractivity contribution >= 4 is 23.6 Å². The van der Waals surface area contributed by atoms with Crippen LogP contribution < -0.4 is 15.4 Å². The number of phenols is 1. The summed E-state index contributed by atoms with van der Waals surface area (Å²) in [6.07, 6.45) is -0.346. The summed E-state index contributed by atoms with van der Waals surface area (Å²) in [5.41, 5.74) is 0.891. The van der Waals surface area contributed by atoms with Crippen molar-refractivity contribution in [2.75, 3.05) is 7.11 Å². The SMILES string of the molecule is COc1cc([C@@H]2NC(=O)NC(C)=C2C(=O)O[C@H](C)C(C)(C)C)cc(Cl)c1O. The highest BCUT2D eigenvalue weighted by Gasteiger charge is 2.35. The molecule has 1 aliphatic rings. The molecule has 2 atom stereocenters. The third-order valence-electron chi connectivity index (χ3n) is 4.60. The van der Waals surface area contributed by atoms with Crippen LogP contribution in [0.3, 0.4) is 0 Å². The number of hydrogen-bond acceptors (Lipinski definition) is 5. The van der Waals surface area contributed by atoms with E-state index in [-0.39, 0.29) is 33.6 Å². The zero-order valence-electron chi connectivity index (χ0n) is 16.3. The Morgan fingerprint density at radius 2 is 1.96 bits per heavy atom. The normalized spacial score (nSPS) is 18.5. The van der Waals surface area contributed by atoms with Crippen LogP contribution in [0.4, 0.5) is 4.79 Å². The quantitative estimate of drug-likeness (QED) is 0.675. The zero-order chi connectivity index (χ0) is 20.5. The molecule has 0 saturated heterocycles. The van der Waals surface area contributed by atoms with Crippen molar-refractivity contribution in [3.8, 4) is 11.5 Å². The molecule has 7 nitrogen and oxygen atoms in total. The minimum Gasteiger partial charge on any atom is -0.503 e. The summed E-state index contributed by atoms with van der Waals surface area (Å²) >= 11 is 6.07. The Morgan fingerprint density at radius 3 is 2.52 bits per heavy atom. The van der Waals surface area contributed by atoms with E-state index in [1.807, 2.05) is 27.7 Å². The number of halogens is 1. The van der Waals surface area contributed by atoms with Gasteiger partial charge < -0.3 is 25.2 Å². The van der Waals surface area contributed by atoms with Crippen molar-refractivity contribution in [2.45, 2.75) is 46.8 Å². The number of carbonyl (C=O) groups is 2. The van der Waals surface area contributed by atoms with Gasteiger partial charge in [-0.1, -0.05) is 32.4 Å². The van der Waals surface area contributed by atoms with Gasteiger partial charge in [0.15, 0.2) is 11.5 Å². The van der Waals surface area contributed by atoms with Gasteiger partial charge in [0.25, 0.3) is 0 Å². The average molecular weight is 397 g/mol. The molecule has 2 rings (SSSR count). The number of esters is 1. The fourth-order valence-corrected chi connectivity index (χ4v) is 2.75. The average Bonchev–Trinajstić information content (AvgIpc) is 2.55. The number of carbonyl (C=O) groups excluding carboxylic acids is 2. The number of phenolic OH excluding ortho intramolecular Hbond substituents is 1. The third kappa shape index (κ3) is 4.47. The van der Waals surface area contributed by atoms with E-state index in [1.54, 1.807) is 6.92 Å². The Hall–Kier alpha value is -2.41. The number of benzene rings is 1. The predicted molar refractivity (Wildman–Crippen MR) is 102 cm³/mol. The lowest BCUT2D eigenvalue weighted by atomic mass is 9.90. The Morgan fingerprint density at radius 1 is 1.33 bits per heavy atom. The van der Waals surface area contributed by atoms with Crippen LogP contribution in [0.15, 0.2) is 23.4 Å². The number of urea groups is 1. The van der Waals surface area contributed by atoms with Gasteiger partial charge in [0.2, 0.25) is 0 Å². The Balaban J connectivity index is 2.47. The molecule has 1 aromatic rings. The lowest BCUT2D eigenvalue weighted by Gasteiger charge is -2.32. The maximum Gasteiger partial charge on any atom is 0.338 e. The Bertz CT molecular complexity index is 798. The molecule has 148 valence electrons. The van der Waals surface area contributed by atoms with E-state index in [2.05, 4.69) is 10.6 Å². The van der Waals surface area contributed by atoms with Crippen LogP contribution >= 0.6 is 11.6 Å². The third-order valence-corrected chi connectivity index (χ3v) is 4.88. The smallest absolute Gasteiger partial charge is 0.338 e. The lowest BCUT2D eigenvalue weighted by Crippen LogP contribution is -2.46. The van der Waals surface area contributed by atoms with Crippen LogP contribution in [0.1, 0.15) is 46.2 Å². The van der Waals surface area contributed by atoms with Gasteiger partial charge in [0.05, 0.1) is 23.7 Å². The van der Waals surface area contributed by atoms with E-state index < -0.39 is 18.0 Å². The van der Waals surface area contributed by atoms with Gasteiger partial charge in [-0.3, -0.25) is 0 Å². The molecule has 0 unspecified atom stereocenters. The minimum absolute atomic E-state index is 0.0468. The molecule has 1 heterocycles. The number of amides is 2. The first-order chi connectivity index (χ1) is 12.5. The van der Waals surface area contributed by atoms with Crippen molar-refractivity contribution in [1.29, 1.82) is 0 Å². The highest BCUT2D eigenvalue weighted by Crippen LogP contribution is 2.39. The zero-order valence-corrected chi connectivity index (χ0v) is 17.0. The molecule has 0 bridgehead atoms. The van der Waals surface area contributed by atoms with Crippen LogP contribution in [0.5, 0.6) is 11.5 Å². The molecule has 0 aromatic heterocycles. The summed E-state index contributed by atoms with van der Waals surface area (Å²) < 4.78 is 10.7. The maximum absolute atomic E-state index is 12.9. The molecule has 27 heavy (non-hydrogen) atoms. The molecular formula is C19H25ClN2O5. The number of hydrogen-bond donors (Lipinski definition) is 3. The molecule has 0 saturated carbocycles. The highest BCUT2D eigenvalue weighted by molar-refractivity contribution is 6.32. The van der Waals surface area contributed by atoms with Crippen LogP contribution in [0.2, 0.25) is 5.02 Å². The molecule has 2 amide bonds. The Labute approximate surface area is 163 Å². The number of nitrogens with one attached hydrogen (secondary N) is 2. The number of rotatable bonds is 4. The van der Waals surface area contributed by atoms with Crippen molar-refractivity contribution in [3.05, 3.63) is 34.0 Å². The predicted octanol–water partition coefficient (Wildman–Crippen LogP) is 3.66. The van der Waals surface area contributed by atoms with Gasteiger partial charge in [-0.25, -0.2) is 9.59 Å². The van der Waals surface area contributed by atoms with Crippen LogP contribution in [-0.2, 0) is 9.53 Å². The summed E-state index contributed by atoms with van der Waals surface area (Å²) in [7, 11) is 1.39. The van der Waals surface area contributed by atoms with E-state index >= 15 is 0 Å². The second kappa shape index (κ2) is 7.68. The first-order valence-corrected chi connectivity index (χ1v) is 8.89. The topological polar surface area (TPSA) is 96.9 Å². The molecule has 8 heteroatoms. The summed E-state index contributed by atoms with van der Waals surface area (Å²) in [6.45, 7) is 9.35. The van der Waals surface area contributed by atoms with Gasteiger partial charge in [-0.15, -0.1) is 0 Å². The molecule has 0 spiro atoms. The van der Waals surface area contributed by atoms with E-state index in [9.17, 15) is 14.7 Å². The van der Waals surface area contributed by atoms with Crippen LogP contribution in [0.25, 0.3) is 0 Å². The molecular weight excluding hydrogens is 372 g/mol. The largest absolute Gasteiger partial charge is 0.503 e. The van der Waals surface area contributed by atoms with Gasteiger partial charge in [0.1, 0.15) is 6.10 Å². The molecule has 1 aliphatic heterocycles. The fourth-order valence-electron chi connectivity index (χ4n) is 2.53. The second-order valence-corrected chi connectivity index (χ2v) is 7.94. The second-order valence-electron chi connectivity index (χ2n) is 7.54. The molecule has 0 aliphatic carbocycles. The van der Waals surface area contributed by atoms with Gasteiger partial charge in [0, 0.05) is 5.70 Å². The Kier molecular flexibility index (Phi) is 5.94. The van der Waals surface area contributed by atoms with Crippen LogP contribution in [0, 0.1) is 5.41 Å². The van der Waals surface area contributed by atoms with Crippen LogP contribution in [-0.4, -0.2) is 30.3 Å². The summed E-state index contributed by atoms with van der Waals surface area (Å²) in [6, 6.07) is 1.74. The number of ether oxygens (including phenoxy) is 2.